The molecule has 0 spiro atoms. The van der Waals surface area contributed by atoms with E-state index in [-0.39, 0.29) is 17.2 Å². The van der Waals surface area contributed by atoms with Gasteiger partial charge >= 0.3 is 0 Å². The summed E-state index contributed by atoms with van der Waals surface area (Å²) in [6, 6.07) is 11.1. The monoisotopic (exact) mass is 332 g/mol. The molecule has 0 bridgehead atoms. The van der Waals surface area contributed by atoms with Crippen LogP contribution in [0.2, 0.25) is 0 Å². The lowest BCUT2D eigenvalue weighted by atomic mass is 10.2. The van der Waals surface area contributed by atoms with E-state index < -0.39 is 11.7 Å². The number of nitrogens with one attached hydrogen (secondary N) is 2. The summed E-state index contributed by atoms with van der Waals surface area (Å²) >= 11 is 1.40. The fourth-order valence-electron chi connectivity index (χ4n) is 1.94. The molecular weight excluding hydrogens is 315 g/mol. The molecule has 120 valence electrons. The highest BCUT2D eigenvalue weighted by atomic mass is 32.2. The third kappa shape index (κ3) is 5.10. The first-order valence-electron chi connectivity index (χ1n) is 7.00. The van der Waals surface area contributed by atoms with E-state index in [1.807, 2.05) is 26.0 Å². The predicted molar refractivity (Wildman–Crippen MR) is 88.6 cm³/mol. The highest BCUT2D eigenvalue weighted by molar-refractivity contribution is 8.00. The molecule has 2 rings (SSSR count). The van der Waals surface area contributed by atoms with Crippen molar-refractivity contribution in [2.75, 3.05) is 5.75 Å². The van der Waals surface area contributed by atoms with Gasteiger partial charge < -0.3 is 0 Å². The van der Waals surface area contributed by atoms with Gasteiger partial charge in [0.1, 0.15) is 5.82 Å². The normalized spacial score (nSPS) is 10.2. The van der Waals surface area contributed by atoms with Gasteiger partial charge in [-0.25, -0.2) is 4.39 Å². The lowest BCUT2D eigenvalue weighted by molar-refractivity contribution is -0.119. The maximum Gasteiger partial charge on any atom is 0.269 e. The molecule has 6 heteroatoms. The topological polar surface area (TPSA) is 58.2 Å². The summed E-state index contributed by atoms with van der Waals surface area (Å²) in [6.45, 7) is 4.00. The second-order valence-electron chi connectivity index (χ2n) is 5.07. The Hall–Kier alpha value is -2.34. The Labute approximate surface area is 138 Å². The minimum absolute atomic E-state index is 0.188. The third-order valence-corrected chi connectivity index (χ3v) is 4.29. The molecule has 0 aliphatic carbocycles. The molecule has 2 N–H and O–H groups in total. The van der Waals surface area contributed by atoms with Crippen LogP contribution >= 0.6 is 11.8 Å². The molecule has 0 heterocycles. The minimum atomic E-state index is -0.491. The van der Waals surface area contributed by atoms with Crippen molar-refractivity contribution in [3.63, 3.8) is 0 Å². The van der Waals surface area contributed by atoms with Crippen molar-refractivity contribution >= 4 is 23.6 Å². The average Bonchev–Trinajstić information content (AvgIpc) is 2.52. The van der Waals surface area contributed by atoms with Crippen LogP contribution in [-0.4, -0.2) is 17.6 Å². The summed E-state index contributed by atoms with van der Waals surface area (Å²) in [5.41, 5.74) is 7.20. The second kappa shape index (κ2) is 7.78. The van der Waals surface area contributed by atoms with Crippen LogP contribution < -0.4 is 10.9 Å². The van der Waals surface area contributed by atoms with E-state index >= 15 is 0 Å². The minimum Gasteiger partial charge on any atom is -0.272 e. The Morgan fingerprint density at radius 3 is 2.39 bits per heavy atom. The molecule has 0 saturated carbocycles. The van der Waals surface area contributed by atoms with Gasteiger partial charge in [0.15, 0.2) is 0 Å². The molecule has 0 fully saturated rings. The van der Waals surface area contributed by atoms with Crippen molar-refractivity contribution in [1.29, 1.82) is 0 Å². The number of hydrogen-bond donors (Lipinski definition) is 2. The maximum atomic E-state index is 12.8. The summed E-state index contributed by atoms with van der Waals surface area (Å²) in [6.07, 6.45) is 0. The lowest BCUT2D eigenvalue weighted by Gasteiger charge is -2.09. The van der Waals surface area contributed by atoms with Crippen LogP contribution in [0, 0.1) is 19.7 Å². The zero-order valence-electron chi connectivity index (χ0n) is 12.9. The van der Waals surface area contributed by atoms with Gasteiger partial charge in [-0.15, -0.1) is 11.8 Å². The summed E-state index contributed by atoms with van der Waals surface area (Å²) in [4.78, 5) is 24.6. The number of hydrazine groups is 1. The molecule has 0 unspecified atom stereocenters. The number of carbonyl (C=O) groups is 2. The van der Waals surface area contributed by atoms with Crippen LogP contribution in [0.3, 0.4) is 0 Å². The third-order valence-electron chi connectivity index (χ3n) is 3.11. The fourth-order valence-corrected chi connectivity index (χ4v) is 2.75. The molecule has 4 nitrogen and oxygen atoms in total. The summed E-state index contributed by atoms with van der Waals surface area (Å²) in [5, 5.41) is 0. The molecule has 2 aromatic carbocycles. The van der Waals surface area contributed by atoms with Gasteiger partial charge in [0.05, 0.1) is 5.75 Å². The quantitative estimate of drug-likeness (QED) is 0.668. The molecule has 0 saturated heterocycles. The van der Waals surface area contributed by atoms with Gasteiger partial charge in [0, 0.05) is 10.5 Å². The first-order valence-corrected chi connectivity index (χ1v) is 7.99. The van der Waals surface area contributed by atoms with Gasteiger partial charge in [0.2, 0.25) is 5.91 Å². The van der Waals surface area contributed by atoms with E-state index in [0.29, 0.717) is 0 Å². The number of thioether (sulfide) groups is 1. The first-order chi connectivity index (χ1) is 11.0. The number of rotatable bonds is 4. The number of benzene rings is 2. The lowest BCUT2D eigenvalue weighted by Crippen LogP contribution is -2.42. The largest absolute Gasteiger partial charge is 0.272 e. The van der Waals surface area contributed by atoms with Crippen molar-refractivity contribution in [2.24, 2.45) is 0 Å². The Balaban J connectivity index is 1.81. The highest BCUT2D eigenvalue weighted by Crippen LogP contribution is 2.22. The van der Waals surface area contributed by atoms with Gasteiger partial charge in [-0.1, -0.05) is 17.7 Å². The molecule has 0 radical (unpaired) electrons. The summed E-state index contributed by atoms with van der Waals surface area (Å²) in [7, 11) is 0. The van der Waals surface area contributed by atoms with E-state index in [2.05, 4.69) is 16.9 Å². The molecule has 23 heavy (non-hydrogen) atoms. The Kier molecular flexibility index (Phi) is 5.76. The van der Waals surface area contributed by atoms with Gasteiger partial charge in [-0.3, -0.25) is 20.4 Å². The van der Waals surface area contributed by atoms with Crippen molar-refractivity contribution < 1.29 is 14.0 Å². The number of aryl methyl sites for hydroxylation is 2. The zero-order valence-corrected chi connectivity index (χ0v) is 13.7. The Morgan fingerprint density at radius 1 is 1.04 bits per heavy atom. The molecule has 0 aliphatic heterocycles. The van der Waals surface area contributed by atoms with E-state index in [9.17, 15) is 14.0 Å². The van der Waals surface area contributed by atoms with Crippen molar-refractivity contribution in [2.45, 2.75) is 18.7 Å². The second-order valence-corrected chi connectivity index (χ2v) is 6.08. The zero-order chi connectivity index (χ0) is 16.8. The SMILES string of the molecule is Cc1ccc(SCC(=O)NNC(=O)c2ccc(F)cc2)c(C)c1. The first kappa shape index (κ1) is 17.0. The van der Waals surface area contributed by atoms with Crippen LogP contribution in [-0.2, 0) is 4.79 Å². The van der Waals surface area contributed by atoms with Gasteiger partial charge in [-0.05, 0) is 49.7 Å². The van der Waals surface area contributed by atoms with E-state index in [1.165, 1.54) is 41.6 Å². The standard InChI is InChI=1S/C17H17FN2O2S/c1-11-3-8-15(12(2)9-11)23-10-16(21)19-20-17(22)13-4-6-14(18)7-5-13/h3-9H,10H2,1-2H3,(H,19,21)(H,20,22). The van der Waals surface area contributed by atoms with Crippen molar-refractivity contribution in [3.05, 3.63) is 65.0 Å². The van der Waals surface area contributed by atoms with E-state index in [4.69, 9.17) is 0 Å². The molecule has 0 aromatic heterocycles. The van der Waals surface area contributed by atoms with Crippen LogP contribution in [0.1, 0.15) is 21.5 Å². The smallest absolute Gasteiger partial charge is 0.269 e. The average molecular weight is 332 g/mol. The fraction of sp³-hybridized carbons (Fsp3) is 0.176. The van der Waals surface area contributed by atoms with Crippen LogP contribution in [0.5, 0.6) is 0 Å². The Morgan fingerprint density at radius 2 is 1.74 bits per heavy atom. The number of carbonyl (C=O) groups excluding carboxylic acids is 2. The van der Waals surface area contributed by atoms with Crippen LogP contribution in [0.25, 0.3) is 0 Å². The number of amides is 2. The van der Waals surface area contributed by atoms with Gasteiger partial charge in [-0.2, -0.15) is 0 Å². The molecule has 2 amide bonds. The van der Waals surface area contributed by atoms with Crippen molar-refractivity contribution in [1.82, 2.24) is 10.9 Å². The van der Waals surface area contributed by atoms with Crippen LogP contribution in [0.15, 0.2) is 47.4 Å². The molecule has 0 aliphatic rings. The van der Waals surface area contributed by atoms with E-state index in [0.717, 1.165) is 10.5 Å². The molecule has 0 atom stereocenters. The highest BCUT2D eigenvalue weighted by Gasteiger charge is 2.08. The van der Waals surface area contributed by atoms with Gasteiger partial charge in [0.25, 0.3) is 5.91 Å². The molecule has 2 aromatic rings. The maximum absolute atomic E-state index is 12.8. The Bertz CT molecular complexity index is 717. The molecular formula is C17H17FN2O2S. The summed E-state index contributed by atoms with van der Waals surface area (Å²) in [5.74, 6) is -1.04. The summed E-state index contributed by atoms with van der Waals surface area (Å²) < 4.78 is 12.8. The van der Waals surface area contributed by atoms with Crippen LogP contribution in [0.4, 0.5) is 4.39 Å². The number of halogens is 1. The predicted octanol–water partition coefficient (Wildman–Crippen LogP) is 3.00. The number of hydrogen-bond acceptors (Lipinski definition) is 3. The van der Waals surface area contributed by atoms with E-state index in [1.54, 1.807) is 0 Å². The van der Waals surface area contributed by atoms with Crippen molar-refractivity contribution in [3.8, 4) is 0 Å².